The number of aliphatic hydroxyl groups is 1. The van der Waals surface area contributed by atoms with E-state index in [0.717, 1.165) is 12.8 Å². The maximum absolute atomic E-state index is 8.27. The van der Waals surface area contributed by atoms with E-state index in [0.29, 0.717) is 0 Å². The molecule has 0 aromatic heterocycles. The van der Waals surface area contributed by atoms with Gasteiger partial charge in [0.15, 0.2) is 0 Å². The first-order valence-electron chi connectivity index (χ1n) is 3.16. The van der Waals surface area contributed by atoms with Gasteiger partial charge in [-0.2, -0.15) is 0 Å². The molecule has 1 nitrogen and oxygen atoms in total. The number of allylic oxidation sites excluding steroid dienone is 1. The van der Waals surface area contributed by atoms with Gasteiger partial charge >= 0.3 is 0 Å². The van der Waals surface area contributed by atoms with Crippen molar-refractivity contribution in [2.75, 3.05) is 6.61 Å². The van der Waals surface area contributed by atoms with Gasteiger partial charge in [-0.3, -0.25) is 0 Å². The predicted molar refractivity (Wildman–Crippen MR) is 38.9 cm³/mol. The standard InChI is InChI=1S/C8H12O/c1-2-3-4-5-6-7-8-9/h6-7,9H,2-3,8H2,1H3/b7-6-. The molecular formula is C8H12O. The number of hydrogen-bond donors (Lipinski definition) is 1. The summed E-state index contributed by atoms with van der Waals surface area (Å²) in [7, 11) is 0. The minimum Gasteiger partial charge on any atom is -0.392 e. The monoisotopic (exact) mass is 124 g/mol. The maximum Gasteiger partial charge on any atom is 0.0621 e. The molecule has 1 heteroatoms. The Labute approximate surface area is 56.4 Å². The Balaban J connectivity index is 3.25. The van der Waals surface area contributed by atoms with E-state index in [2.05, 4.69) is 18.8 Å². The van der Waals surface area contributed by atoms with Crippen LogP contribution in [0.3, 0.4) is 0 Å². The molecule has 0 spiro atoms. The van der Waals surface area contributed by atoms with Crippen LogP contribution in [0, 0.1) is 11.8 Å². The summed E-state index contributed by atoms with van der Waals surface area (Å²) in [6.07, 6.45) is 5.34. The summed E-state index contributed by atoms with van der Waals surface area (Å²) >= 11 is 0. The number of unbranched alkanes of at least 4 members (excludes halogenated alkanes) is 1. The second kappa shape index (κ2) is 7.26. The molecule has 0 atom stereocenters. The Bertz CT molecular complexity index is 125. The quantitative estimate of drug-likeness (QED) is 0.551. The van der Waals surface area contributed by atoms with Crippen LogP contribution in [0.1, 0.15) is 19.8 Å². The molecule has 0 aliphatic carbocycles. The summed E-state index contributed by atoms with van der Waals surface area (Å²) in [5.74, 6) is 5.72. The largest absolute Gasteiger partial charge is 0.392 e. The number of aliphatic hydroxyl groups excluding tert-OH is 1. The Hall–Kier alpha value is -0.740. The highest BCUT2D eigenvalue weighted by atomic mass is 16.2. The van der Waals surface area contributed by atoms with Gasteiger partial charge in [-0.1, -0.05) is 24.8 Å². The third-order valence-electron chi connectivity index (χ3n) is 0.784. The van der Waals surface area contributed by atoms with E-state index < -0.39 is 0 Å². The van der Waals surface area contributed by atoms with Gasteiger partial charge in [0.25, 0.3) is 0 Å². The molecule has 0 aliphatic heterocycles. The van der Waals surface area contributed by atoms with Crippen LogP contribution in [0.5, 0.6) is 0 Å². The third kappa shape index (κ3) is 7.26. The summed E-state index contributed by atoms with van der Waals surface area (Å²) in [6, 6.07) is 0. The zero-order valence-corrected chi connectivity index (χ0v) is 5.72. The van der Waals surface area contributed by atoms with E-state index in [9.17, 15) is 0 Å². The highest BCUT2D eigenvalue weighted by Gasteiger charge is 1.66. The molecule has 0 rings (SSSR count). The summed E-state index contributed by atoms with van der Waals surface area (Å²) in [6.45, 7) is 2.17. The van der Waals surface area contributed by atoms with Gasteiger partial charge in [-0.15, -0.1) is 0 Å². The van der Waals surface area contributed by atoms with E-state index in [4.69, 9.17) is 5.11 Å². The van der Waals surface area contributed by atoms with E-state index >= 15 is 0 Å². The SMILES string of the molecule is CCCC#C/C=C\CO. The second-order valence-corrected chi connectivity index (χ2v) is 1.66. The van der Waals surface area contributed by atoms with Crippen molar-refractivity contribution >= 4 is 0 Å². The van der Waals surface area contributed by atoms with E-state index in [1.165, 1.54) is 0 Å². The molecule has 0 aliphatic rings. The van der Waals surface area contributed by atoms with Gasteiger partial charge in [0.05, 0.1) is 6.61 Å². The topological polar surface area (TPSA) is 20.2 Å². The molecule has 0 unspecified atom stereocenters. The molecule has 0 saturated heterocycles. The Morgan fingerprint density at radius 3 is 2.89 bits per heavy atom. The van der Waals surface area contributed by atoms with Crippen LogP contribution in [0.2, 0.25) is 0 Å². The molecule has 0 amide bonds. The highest BCUT2D eigenvalue weighted by molar-refractivity contribution is 5.14. The van der Waals surface area contributed by atoms with E-state index in [1.54, 1.807) is 12.2 Å². The molecule has 50 valence electrons. The summed E-state index contributed by atoms with van der Waals surface area (Å²) < 4.78 is 0. The lowest BCUT2D eigenvalue weighted by atomic mass is 10.3. The smallest absolute Gasteiger partial charge is 0.0621 e. The van der Waals surface area contributed by atoms with Crippen molar-refractivity contribution in [3.8, 4) is 11.8 Å². The van der Waals surface area contributed by atoms with Gasteiger partial charge < -0.3 is 5.11 Å². The third-order valence-corrected chi connectivity index (χ3v) is 0.784. The fraction of sp³-hybridized carbons (Fsp3) is 0.500. The van der Waals surface area contributed by atoms with Gasteiger partial charge in [-0.25, -0.2) is 0 Å². The molecule has 0 radical (unpaired) electrons. The number of rotatable bonds is 2. The average Bonchev–Trinajstić information content (AvgIpc) is 1.89. The van der Waals surface area contributed by atoms with Crippen LogP contribution in [-0.2, 0) is 0 Å². The van der Waals surface area contributed by atoms with Crippen molar-refractivity contribution in [1.82, 2.24) is 0 Å². The summed E-state index contributed by atoms with van der Waals surface area (Å²) in [4.78, 5) is 0. The molecule has 0 fully saturated rings. The van der Waals surface area contributed by atoms with Gasteiger partial charge in [0, 0.05) is 6.42 Å². The molecular weight excluding hydrogens is 112 g/mol. The Morgan fingerprint density at radius 2 is 2.33 bits per heavy atom. The van der Waals surface area contributed by atoms with Crippen LogP contribution in [0.4, 0.5) is 0 Å². The first kappa shape index (κ1) is 8.26. The number of hydrogen-bond acceptors (Lipinski definition) is 1. The molecule has 0 saturated carbocycles. The van der Waals surface area contributed by atoms with Crippen molar-refractivity contribution in [1.29, 1.82) is 0 Å². The second-order valence-electron chi connectivity index (χ2n) is 1.66. The molecule has 1 N–H and O–H groups in total. The zero-order valence-electron chi connectivity index (χ0n) is 5.72. The molecule has 0 aromatic rings. The van der Waals surface area contributed by atoms with E-state index in [1.807, 2.05) is 0 Å². The normalized spacial score (nSPS) is 9.11. The Kier molecular flexibility index (Phi) is 6.66. The van der Waals surface area contributed by atoms with E-state index in [-0.39, 0.29) is 6.61 Å². The average molecular weight is 124 g/mol. The lowest BCUT2D eigenvalue weighted by Gasteiger charge is -1.74. The highest BCUT2D eigenvalue weighted by Crippen LogP contribution is 1.80. The molecule has 0 aromatic carbocycles. The van der Waals surface area contributed by atoms with Crippen molar-refractivity contribution < 1.29 is 5.11 Å². The maximum atomic E-state index is 8.27. The first-order chi connectivity index (χ1) is 4.41. The molecule has 9 heavy (non-hydrogen) atoms. The van der Waals surface area contributed by atoms with Crippen molar-refractivity contribution in [2.45, 2.75) is 19.8 Å². The minimum absolute atomic E-state index is 0.0841. The Morgan fingerprint density at radius 1 is 1.56 bits per heavy atom. The summed E-state index contributed by atoms with van der Waals surface area (Å²) in [5.41, 5.74) is 0. The first-order valence-corrected chi connectivity index (χ1v) is 3.16. The fourth-order valence-electron chi connectivity index (χ4n) is 0.368. The van der Waals surface area contributed by atoms with Crippen molar-refractivity contribution in [3.63, 3.8) is 0 Å². The zero-order chi connectivity index (χ0) is 6.95. The van der Waals surface area contributed by atoms with Crippen molar-refractivity contribution in [2.24, 2.45) is 0 Å². The van der Waals surface area contributed by atoms with Crippen LogP contribution >= 0.6 is 0 Å². The molecule has 0 bridgehead atoms. The van der Waals surface area contributed by atoms with Crippen LogP contribution < -0.4 is 0 Å². The molecule has 0 heterocycles. The lowest BCUT2D eigenvalue weighted by Crippen LogP contribution is -1.67. The lowest BCUT2D eigenvalue weighted by molar-refractivity contribution is 0.343. The summed E-state index contributed by atoms with van der Waals surface area (Å²) in [5, 5.41) is 8.27. The van der Waals surface area contributed by atoms with Crippen LogP contribution in [-0.4, -0.2) is 11.7 Å². The fourth-order valence-corrected chi connectivity index (χ4v) is 0.368. The minimum atomic E-state index is 0.0841. The van der Waals surface area contributed by atoms with Crippen LogP contribution in [0.15, 0.2) is 12.2 Å². The van der Waals surface area contributed by atoms with Gasteiger partial charge in [-0.05, 0) is 12.5 Å². The van der Waals surface area contributed by atoms with Crippen molar-refractivity contribution in [3.05, 3.63) is 12.2 Å². The van der Waals surface area contributed by atoms with Gasteiger partial charge in [0.1, 0.15) is 0 Å². The predicted octanol–water partition coefficient (Wildman–Crippen LogP) is 1.34. The van der Waals surface area contributed by atoms with Gasteiger partial charge in [0.2, 0.25) is 0 Å². The van der Waals surface area contributed by atoms with Crippen LogP contribution in [0.25, 0.3) is 0 Å².